The molecule has 0 amide bonds. The van der Waals surface area contributed by atoms with Crippen LogP contribution in [0.3, 0.4) is 0 Å². The summed E-state index contributed by atoms with van der Waals surface area (Å²) in [7, 11) is 0. The summed E-state index contributed by atoms with van der Waals surface area (Å²) in [4.78, 5) is 6.72. The molecule has 0 unspecified atom stereocenters. The molecule has 1 aliphatic rings. The molecule has 0 spiro atoms. The van der Waals surface area contributed by atoms with Crippen LogP contribution in [0.2, 0.25) is 0 Å². The number of nitrogens with one attached hydrogen (secondary N) is 1. The van der Waals surface area contributed by atoms with Crippen molar-refractivity contribution in [3.63, 3.8) is 0 Å². The highest BCUT2D eigenvalue weighted by Crippen LogP contribution is 2.20. The van der Waals surface area contributed by atoms with E-state index in [1.165, 1.54) is 16.7 Å². The Bertz CT molecular complexity index is 559. The van der Waals surface area contributed by atoms with Gasteiger partial charge in [-0.1, -0.05) is 24.3 Å². The van der Waals surface area contributed by atoms with Crippen molar-refractivity contribution >= 4 is 12.4 Å². The number of halogens is 1. The molecule has 1 aromatic carbocycles. The third-order valence-corrected chi connectivity index (χ3v) is 3.78. The largest absolute Gasteiger partial charge is 0.312 e. The van der Waals surface area contributed by atoms with Gasteiger partial charge in [0.1, 0.15) is 0 Å². The second kappa shape index (κ2) is 7.55. The van der Waals surface area contributed by atoms with Crippen molar-refractivity contribution in [3.8, 4) is 11.1 Å². The Labute approximate surface area is 132 Å². The summed E-state index contributed by atoms with van der Waals surface area (Å²) in [5.74, 6) is 0. The van der Waals surface area contributed by atoms with Crippen LogP contribution in [0.4, 0.5) is 0 Å². The van der Waals surface area contributed by atoms with Gasteiger partial charge in [0.05, 0.1) is 0 Å². The van der Waals surface area contributed by atoms with Crippen LogP contribution in [0.5, 0.6) is 0 Å². The highest BCUT2D eigenvalue weighted by molar-refractivity contribution is 5.85. The summed E-state index contributed by atoms with van der Waals surface area (Å²) in [6.45, 7) is 6.61. The van der Waals surface area contributed by atoms with Crippen LogP contribution in [0.1, 0.15) is 12.5 Å². The third-order valence-electron chi connectivity index (χ3n) is 3.78. The molecule has 1 saturated heterocycles. The van der Waals surface area contributed by atoms with Crippen LogP contribution in [-0.2, 0) is 6.54 Å². The normalized spacial score (nSPS) is 19.0. The Hall–Kier alpha value is -1.42. The predicted molar refractivity (Wildman–Crippen MR) is 89.7 cm³/mol. The van der Waals surface area contributed by atoms with E-state index in [0.29, 0.717) is 6.04 Å². The molecule has 2 aromatic rings. The summed E-state index contributed by atoms with van der Waals surface area (Å²) in [6, 6.07) is 13.5. The first kappa shape index (κ1) is 16.0. The molecule has 1 aromatic heterocycles. The molecule has 0 radical (unpaired) electrons. The molecule has 1 aliphatic heterocycles. The Morgan fingerprint density at radius 2 is 2.10 bits per heavy atom. The second-order valence-electron chi connectivity index (χ2n) is 5.53. The van der Waals surface area contributed by atoms with Crippen molar-refractivity contribution in [2.24, 2.45) is 0 Å². The van der Waals surface area contributed by atoms with Gasteiger partial charge in [0, 0.05) is 44.6 Å². The minimum Gasteiger partial charge on any atom is -0.312 e. The third kappa shape index (κ3) is 4.27. The summed E-state index contributed by atoms with van der Waals surface area (Å²) in [5, 5.41) is 3.49. The van der Waals surface area contributed by atoms with Gasteiger partial charge in [0.25, 0.3) is 0 Å². The zero-order valence-electron chi connectivity index (χ0n) is 12.3. The number of aromatic nitrogens is 1. The standard InChI is InChI=1S/C17H21N3.ClH/c1-14-12-20(9-8-19-14)13-15-4-2-5-16(10-15)17-6-3-7-18-11-17;/h2-7,10-11,14,19H,8-9,12-13H2,1H3;1H/t14-;/m0./s1. The van der Waals surface area contributed by atoms with E-state index in [1.54, 1.807) is 0 Å². The van der Waals surface area contributed by atoms with Crippen LogP contribution in [-0.4, -0.2) is 35.6 Å². The molecule has 4 heteroatoms. The van der Waals surface area contributed by atoms with Gasteiger partial charge >= 0.3 is 0 Å². The molecule has 0 aliphatic carbocycles. The van der Waals surface area contributed by atoms with Crippen molar-refractivity contribution in [2.75, 3.05) is 19.6 Å². The van der Waals surface area contributed by atoms with E-state index in [9.17, 15) is 0 Å². The molecule has 1 N–H and O–H groups in total. The first-order valence-electron chi connectivity index (χ1n) is 7.26. The molecular formula is C17H22ClN3. The van der Waals surface area contributed by atoms with E-state index >= 15 is 0 Å². The Kier molecular flexibility index (Phi) is 5.74. The average molecular weight is 304 g/mol. The first-order chi connectivity index (χ1) is 9.81. The smallest absolute Gasteiger partial charge is 0.0346 e. The van der Waals surface area contributed by atoms with E-state index in [-0.39, 0.29) is 12.4 Å². The zero-order valence-corrected chi connectivity index (χ0v) is 13.1. The summed E-state index contributed by atoms with van der Waals surface area (Å²) in [6.07, 6.45) is 3.74. The minimum atomic E-state index is 0. The zero-order chi connectivity index (χ0) is 13.8. The van der Waals surface area contributed by atoms with Gasteiger partial charge in [-0.15, -0.1) is 12.4 Å². The molecule has 21 heavy (non-hydrogen) atoms. The molecule has 0 bridgehead atoms. The van der Waals surface area contributed by atoms with Crippen molar-refractivity contribution in [2.45, 2.75) is 19.5 Å². The van der Waals surface area contributed by atoms with E-state index < -0.39 is 0 Å². The number of pyridine rings is 1. The number of rotatable bonds is 3. The fourth-order valence-electron chi connectivity index (χ4n) is 2.80. The van der Waals surface area contributed by atoms with Gasteiger partial charge in [-0.2, -0.15) is 0 Å². The molecule has 1 atom stereocenters. The van der Waals surface area contributed by atoms with Gasteiger partial charge in [0.2, 0.25) is 0 Å². The maximum atomic E-state index is 4.20. The van der Waals surface area contributed by atoms with Crippen molar-refractivity contribution in [1.29, 1.82) is 0 Å². The van der Waals surface area contributed by atoms with Crippen LogP contribution >= 0.6 is 12.4 Å². The number of hydrogen-bond acceptors (Lipinski definition) is 3. The summed E-state index contributed by atoms with van der Waals surface area (Å²) in [5.41, 5.74) is 3.81. The van der Waals surface area contributed by atoms with Crippen LogP contribution < -0.4 is 5.32 Å². The monoisotopic (exact) mass is 303 g/mol. The van der Waals surface area contributed by atoms with Crippen molar-refractivity contribution in [1.82, 2.24) is 15.2 Å². The molecule has 3 rings (SSSR count). The molecular weight excluding hydrogens is 282 g/mol. The molecule has 1 fully saturated rings. The number of piperazine rings is 1. The van der Waals surface area contributed by atoms with E-state index in [4.69, 9.17) is 0 Å². The fourth-order valence-corrected chi connectivity index (χ4v) is 2.80. The second-order valence-corrected chi connectivity index (χ2v) is 5.53. The summed E-state index contributed by atoms with van der Waals surface area (Å²) >= 11 is 0. The molecule has 0 saturated carbocycles. The van der Waals surface area contributed by atoms with Crippen molar-refractivity contribution in [3.05, 3.63) is 54.4 Å². The van der Waals surface area contributed by atoms with Gasteiger partial charge in [-0.05, 0) is 35.7 Å². The molecule has 112 valence electrons. The number of benzene rings is 1. The maximum absolute atomic E-state index is 4.20. The SMILES string of the molecule is C[C@H]1CN(Cc2cccc(-c3cccnc3)c2)CCN1.Cl. The van der Waals surface area contributed by atoms with Crippen LogP contribution in [0.25, 0.3) is 11.1 Å². The topological polar surface area (TPSA) is 28.2 Å². The Morgan fingerprint density at radius 3 is 2.86 bits per heavy atom. The lowest BCUT2D eigenvalue weighted by atomic mass is 10.0. The Morgan fingerprint density at radius 1 is 1.24 bits per heavy atom. The van der Waals surface area contributed by atoms with Gasteiger partial charge in [0.15, 0.2) is 0 Å². The van der Waals surface area contributed by atoms with Gasteiger partial charge in [-0.25, -0.2) is 0 Å². The molecule has 3 nitrogen and oxygen atoms in total. The number of hydrogen-bond donors (Lipinski definition) is 1. The Balaban J connectivity index is 0.00000161. The van der Waals surface area contributed by atoms with Crippen LogP contribution in [0, 0.1) is 0 Å². The fraction of sp³-hybridized carbons (Fsp3) is 0.353. The lowest BCUT2D eigenvalue weighted by Crippen LogP contribution is -2.48. The summed E-state index contributed by atoms with van der Waals surface area (Å²) < 4.78 is 0. The van der Waals surface area contributed by atoms with Crippen molar-refractivity contribution < 1.29 is 0 Å². The molecule has 2 heterocycles. The highest BCUT2D eigenvalue weighted by Gasteiger charge is 2.15. The van der Waals surface area contributed by atoms with E-state index in [1.807, 2.05) is 18.5 Å². The highest BCUT2D eigenvalue weighted by atomic mass is 35.5. The lowest BCUT2D eigenvalue weighted by molar-refractivity contribution is 0.199. The maximum Gasteiger partial charge on any atom is 0.0346 e. The average Bonchev–Trinajstić information content (AvgIpc) is 2.48. The van der Waals surface area contributed by atoms with E-state index in [2.05, 4.69) is 52.5 Å². The van der Waals surface area contributed by atoms with E-state index in [0.717, 1.165) is 26.2 Å². The van der Waals surface area contributed by atoms with Crippen LogP contribution in [0.15, 0.2) is 48.8 Å². The van der Waals surface area contributed by atoms with Gasteiger partial charge < -0.3 is 5.32 Å². The quantitative estimate of drug-likeness (QED) is 0.945. The predicted octanol–water partition coefficient (Wildman–Crippen LogP) is 2.96. The minimum absolute atomic E-state index is 0. The lowest BCUT2D eigenvalue weighted by Gasteiger charge is -2.31. The van der Waals surface area contributed by atoms with Gasteiger partial charge in [-0.3, -0.25) is 9.88 Å². The number of nitrogens with zero attached hydrogens (tertiary/aromatic N) is 2. The first-order valence-corrected chi connectivity index (χ1v) is 7.26.